The summed E-state index contributed by atoms with van der Waals surface area (Å²) in [5.41, 5.74) is 0.972. The number of likely N-dealkylation sites (N-methyl/N-ethyl adjacent to an activating group) is 1. The van der Waals surface area contributed by atoms with Crippen LogP contribution in [0.3, 0.4) is 0 Å². The lowest BCUT2D eigenvalue weighted by molar-refractivity contribution is 0.282. The Morgan fingerprint density at radius 2 is 1.70 bits per heavy atom. The third kappa shape index (κ3) is 6.06. The average Bonchev–Trinajstić information content (AvgIpc) is 2.73. The second kappa shape index (κ2) is 11.3. The highest BCUT2D eigenvalue weighted by molar-refractivity contribution is 5.79. The summed E-state index contributed by atoms with van der Waals surface area (Å²) in [6.45, 7) is 3.28. The largest absolute Gasteiger partial charge is 0.493 e. The Kier molecular flexibility index (Phi) is 8.86. The second-order valence-corrected chi connectivity index (χ2v) is 6.88. The molecule has 164 valence electrons. The van der Waals surface area contributed by atoms with E-state index in [2.05, 4.69) is 15.6 Å². The molecule has 0 saturated carbocycles. The van der Waals surface area contributed by atoms with E-state index in [0.29, 0.717) is 30.5 Å². The fourth-order valence-electron chi connectivity index (χ4n) is 3.06. The van der Waals surface area contributed by atoms with Gasteiger partial charge in [-0.1, -0.05) is 12.1 Å². The van der Waals surface area contributed by atoms with E-state index >= 15 is 0 Å². The molecule has 2 N–H and O–H groups in total. The minimum Gasteiger partial charge on any atom is -0.493 e. The number of aliphatic imine (C=N–C) groups is 1. The van der Waals surface area contributed by atoms with Crippen molar-refractivity contribution in [3.63, 3.8) is 0 Å². The smallest absolute Gasteiger partial charge is 0.191 e. The van der Waals surface area contributed by atoms with Crippen molar-refractivity contribution < 1.29 is 18.3 Å². The SMILES string of the molecule is CCNC(=NCc1ccc(OC)c(OC)c1)NCC(c1c(F)cccc1F)N(C)C. The van der Waals surface area contributed by atoms with Crippen LogP contribution in [0.1, 0.15) is 24.1 Å². The second-order valence-electron chi connectivity index (χ2n) is 6.88. The molecule has 2 rings (SSSR count). The van der Waals surface area contributed by atoms with Crippen LogP contribution in [0, 0.1) is 11.6 Å². The summed E-state index contributed by atoms with van der Waals surface area (Å²) in [6, 6.07) is 9.00. The standard InChI is InChI=1S/C22H30F2N4O2/c1-6-25-22(26-13-15-10-11-19(29-4)20(12-15)30-5)27-14-18(28(2)3)21-16(23)8-7-9-17(21)24/h7-12,18H,6,13-14H2,1-5H3,(H2,25,26,27). The molecule has 0 spiro atoms. The molecule has 0 aliphatic carbocycles. The highest BCUT2D eigenvalue weighted by Gasteiger charge is 2.22. The molecule has 2 aromatic rings. The highest BCUT2D eigenvalue weighted by Crippen LogP contribution is 2.28. The molecule has 2 aromatic carbocycles. The number of nitrogens with zero attached hydrogens (tertiary/aromatic N) is 2. The van der Waals surface area contributed by atoms with E-state index < -0.39 is 17.7 Å². The van der Waals surface area contributed by atoms with E-state index in [1.807, 2.05) is 25.1 Å². The number of benzene rings is 2. The molecular weight excluding hydrogens is 390 g/mol. The summed E-state index contributed by atoms with van der Waals surface area (Å²) >= 11 is 0. The van der Waals surface area contributed by atoms with Gasteiger partial charge in [0.05, 0.1) is 26.8 Å². The average molecular weight is 421 g/mol. The minimum atomic E-state index is -0.567. The van der Waals surface area contributed by atoms with Crippen LogP contribution in [0.15, 0.2) is 41.4 Å². The van der Waals surface area contributed by atoms with Crippen LogP contribution in [0.2, 0.25) is 0 Å². The number of rotatable bonds is 9. The van der Waals surface area contributed by atoms with E-state index in [-0.39, 0.29) is 12.1 Å². The quantitative estimate of drug-likeness (QED) is 0.481. The first-order chi connectivity index (χ1) is 14.4. The Bertz CT molecular complexity index is 839. The van der Waals surface area contributed by atoms with E-state index in [1.165, 1.54) is 18.2 Å². The molecule has 6 nitrogen and oxygen atoms in total. The maximum absolute atomic E-state index is 14.3. The zero-order valence-corrected chi connectivity index (χ0v) is 18.1. The van der Waals surface area contributed by atoms with E-state index in [0.717, 1.165) is 5.56 Å². The molecule has 30 heavy (non-hydrogen) atoms. The van der Waals surface area contributed by atoms with Crippen molar-refractivity contribution >= 4 is 5.96 Å². The fraction of sp³-hybridized carbons (Fsp3) is 0.409. The monoisotopic (exact) mass is 420 g/mol. The van der Waals surface area contributed by atoms with Crippen LogP contribution >= 0.6 is 0 Å². The minimum absolute atomic E-state index is 0.0331. The third-order valence-electron chi connectivity index (χ3n) is 4.63. The first-order valence-corrected chi connectivity index (χ1v) is 9.74. The number of methoxy groups -OCH3 is 2. The molecular formula is C22H30F2N4O2. The summed E-state index contributed by atoms with van der Waals surface area (Å²) in [7, 11) is 6.74. The van der Waals surface area contributed by atoms with Gasteiger partial charge in [-0.2, -0.15) is 0 Å². The lowest BCUT2D eigenvalue weighted by atomic mass is 10.0. The predicted molar refractivity (Wildman–Crippen MR) is 115 cm³/mol. The van der Waals surface area contributed by atoms with Crippen LogP contribution < -0.4 is 20.1 Å². The van der Waals surface area contributed by atoms with Crippen molar-refractivity contribution in [3.05, 3.63) is 59.2 Å². The highest BCUT2D eigenvalue weighted by atomic mass is 19.1. The lowest BCUT2D eigenvalue weighted by Crippen LogP contribution is -2.42. The molecule has 0 saturated heterocycles. The summed E-state index contributed by atoms with van der Waals surface area (Å²) in [5.74, 6) is 0.697. The van der Waals surface area contributed by atoms with Gasteiger partial charge in [-0.15, -0.1) is 0 Å². The number of nitrogens with one attached hydrogen (secondary N) is 2. The third-order valence-corrected chi connectivity index (χ3v) is 4.63. The number of ether oxygens (including phenoxy) is 2. The van der Waals surface area contributed by atoms with Gasteiger partial charge in [-0.3, -0.25) is 0 Å². The predicted octanol–water partition coefficient (Wildman–Crippen LogP) is 3.34. The zero-order chi connectivity index (χ0) is 22.1. The molecule has 0 fully saturated rings. The molecule has 8 heteroatoms. The number of hydrogen-bond donors (Lipinski definition) is 2. The van der Waals surface area contributed by atoms with Gasteiger partial charge in [0.1, 0.15) is 11.6 Å². The van der Waals surface area contributed by atoms with Crippen molar-refractivity contribution in [2.45, 2.75) is 19.5 Å². The fourth-order valence-corrected chi connectivity index (χ4v) is 3.06. The Balaban J connectivity index is 2.16. The Labute approximate surface area is 176 Å². The number of halogens is 2. The Morgan fingerprint density at radius 1 is 1.03 bits per heavy atom. The van der Waals surface area contributed by atoms with Crippen molar-refractivity contribution in [1.29, 1.82) is 0 Å². The Hall–Kier alpha value is -2.87. The molecule has 0 heterocycles. The summed E-state index contributed by atoms with van der Waals surface area (Å²) in [4.78, 5) is 6.35. The van der Waals surface area contributed by atoms with Gasteiger partial charge in [0.2, 0.25) is 0 Å². The molecule has 0 aliphatic rings. The zero-order valence-electron chi connectivity index (χ0n) is 18.1. The molecule has 0 aromatic heterocycles. The van der Waals surface area contributed by atoms with Crippen molar-refractivity contribution in [2.75, 3.05) is 41.4 Å². The molecule has 0 amide bonds. The maximum Gasteiger partial charge on any atom is 0.191 e. The first kappa shape index (κ1) is 23.4. The van der Waals surface area contributed by atoms with Gasteiger partial charge in [0.25, 0.3) is 0 Å². The normalized spacial score (nSPS) is 12.6. The van der Waals surface area contributed by atoms with Gasteiger partial charge in [-0.25, -0.2) is 13.8 Å². The van der Waals surface area contributed by atoms with Gasteiger partial charge >= 0.3 is 0 Å². The molecule has 1 unspecified atom stereocenters. The summed E-state index contributed by atoms with van der Waals surface area (Å²) in [5, 5.41) is 6.34. The molecule has 0 radical (unpaired) electrons. The number of hydrogen-bond acceptors (Lipinski definition) is 4. The van der Waals surface area contributed by atoms with Gasteiger partial charge in [0.15, 0.2) is 17.5 Å². The van der Waals surface area contributed by atoms with Gasteiger partial charge < -0.3 is 25.0 Å². The van der Waals surface area contributed by atoms with Crippen molar-refractivity contribution in [1.82, 2.24) is 15.5 Å². The summed E-state index contributed by atoms with van der Waals surface area (Å²) < 4.78 is 39.1. The van der Waals surface area contributed by atoms with E-state index in [1.54, 1.807) is 33.2 Å². The maximum atomic E-state index is 14.3. The molecule has 1 atom stereocenters. The Morgan fingerprint density at radius 3 is 2.27 bits per heavy atom. The van der Waals surface area contributed by atoms with Crippen molar-refractivity contribution in [2.24, 2.45) is 4.99 Å². The van der Waals surface area contributed by atoms with Gasteiger partial charge in [0, 0.05) is 18.7 Å². The van der Waals surface area contributed by atoms with Crippen LogP contribution in [0.25, 0.3) is 0 Å². The topological polar surface area (TPSA) is 58.1 Å². The van der Waals surface area contributed by atoms with Crippen LogP contribution in [0.4, 0.5) is 8.78 Å². The van der Waals surface area contributed by atoms with Crippen LogP contribution in [-0.2, 0) is 6.54 Å². The van der Waals surface area contributed by atoms with Crippen molar-refractivity contribution in [3.8, 4) is 11.5 Å². The number of guanidine groups is 1. The lowest BCUT2D eigenvalue weighted by Gasteiger charge is -2.26. The first-order valence-electron chi connectivity index (χ1n) is 9.74. The van der Waals surface area contributed by atoms with Crippen LogP contribution in [0.5, 0.6) is 11.5 Å². The molecule has 0 aliphatic heterocycles. The summed E-state index contributed by atoms with van der Waals surface area (Å²) in [6.07, 6.45) is 0. The van der Waals surface area contributed by atoms with Crippen LogP contribution in [-0.4, -0.2) is 52.3 Å². The van der Waals surface area contributed by atoms with E-state index in [9.17, 15) is 8.78 Å². The molecule has 0 bridgehead atoms. The van der Waals surface area contributed by atoms with E-state index in [4.69, 9.17) is 9.47 Å². The van der Waals surface area contributed by atoms with Gasteiger partial charge in [-0.05, 0) is 50.8 Å².